The number of halogens is 3. The van der Waals surface area contributed by atoms with Crippen molar-refractivity contribution >= 4 is 46.8 Å². The summed E-state index contributed by atoms with van der Waals surface area (Å²) in [7, 11) is 3.03. The fraction of sp³-hybridized carbons (Fsp3) is 0.419. The van der Waals surface area contributed by atoms with Crippen LogP contribution in [-0.2, 0) is 20.8 Å². The van der Waals surface area contributed by atoms with Gasteiger partial charge < -0.3 is 24.0 Å². The van der Waals surface area contributed by atoms with Crippen molar-refractivity contribution in [3.05, 3.63) is 63.4 Å². The van der Waals surface area contributed by atoms with Crippen LogP contribution in [0.15, 0.2) is 42.6 Å². The third-order valence-corrected chi connectivity index (χ3v) is 8.21. The van der Waals surface area contributed by atoms with E-state index in [9.17, 15) is 9.59 Å². The van der Waals surface area contributed by atoms with Gasteiger partial charge in [-0.2, -0.15) is 0 Å². The van der Waals surface area contributed by atoms with Crippen molar-refractivity contribution < 1.29 is 23.8 Å². The maximum atomic E-state index is 13.4. The highest BCUT2D eigenvalue weighted by molar-refractivity contribution is 6.43. The van der Waals surface area contributed by atoms with Crippen molar-refractivity contribution in [3.8, 4) is 28.3 Å². The van der Waals surface area contributed by atoms with Gasteiger partial charge in [0, 0.05) is 54.7 Å². The SMILES string of the molecule is COCC(=O)N1CCC(N(Cc2ccc(-c3cccc(-c4ccnc(Cl)c4Cl)c3Cl)nc2OC)C(=O)OC(C)(C)C)CC1. The van der Waals surface area contributed by atoms with Gasteiger partial charge in [-0.05, 0) is 51.8 Å². The zero-order valence-electron chi connectivity index (χ0n) is 24.8. The zero-order chi connectivity index (χ0) is 31.3. The normalized spacial score (nSPS) is 14.0. The Labute approximate surface area is 267 Å². The fourth-order valence-corrected chi connectivity index (χ4v) is 5.67. The minimum Gasteiger partial charge on any atom is -0.481 e. The van der Waals surface area contributed by atoms with Crippen molar-refractivity contribution in [1.82, 2.24) is 19.8 Å². The van der Waals surface area contributed by atoms with E-state index in [4.69, 9.17) is 54.0 Å². The standard InChI is InChI=1S/C31H35Cl3N4O5/c1-31(2,3)43-30(40)38(20-12-15-37(16-13-20)25(39)18-41-4)17-19-9-10-24(36-29(19)42-5)23-8-6-7-21(26(23)32)22-11-14-35-28(34)27(22)33/h6-11,14,20H,12-13,15-18H2,1-5H3. The summed E-state index contributed by atoms with van der Waals surface area (Å²) in [6, 6.07) is 10.9. The van der Waals surface area contributed by atoms with Gasteiger partial charge >= 0.3 is 6.09 Å². The Bertz CT molecular complexity index is 1470. The molecule has 0 N–H and O–H groups in total. The smallest absolute Gasteiger partial charge is 0.410 e. The van der Waals surface area contributed by atoms with Gasteiger partial charge in [0.25, 0.3) is 0 Å². The lowest BCUT2D eigenvalue weighted by Gasteiger charge is -2.39. The van der Waals surface area contributed by atoms with E-state index in [2.05, 4.69) is 4.98 Å². The molecule has 12 heteroatoms. The van der Waals surface area contributed by atoms with E-state index in [0.29, 0.717) is 69.8 Å². The number of carbonyl (C=O) groups excluding carboxylic acids is 2. The highest BCUT2D eigenvalue weighted by atomic mass is 35.5. The predicted molar refractivity (Wildman–Crippen MR) is 168 cm³/mol. The number of amides is 2. The third-order valence-electron chi connectivity index (χ3n) is 7.04. The van der Waals surface area contributed by atoms with Crippen LogP contribution in [0.25, 0.3) is 22.4 Å². The molecule has 230 valence electrons. The lowest BCUT2D eigenvalue weighted by Crippen LogP contribution is -2.50. The second kappa shape index (κ2) is 14.1. The average Bonchev–Trinajstić information content (AvgIpc) is 2.97. The maximum Gasteiger partial charge on any atom is 0.410 e. The molecule has 0 atom stereocenters. The lowest BCUT2D eigenvalue weighted by atomic mass is 10.0. The van der Waals surface area contributed by atoms with Gasteiger partial charge in [-0.3, -0.25) is 4.79 Å². The second-order valence-corrected chi connectivity index (χ2v) is 12.3. The Hall–Kier alpha value is -3.11. The van der Waals surface area contributed by atoms with Crippen LogP contribution in [0.2, 0.25) is 15.2 Å². The number of rotatable bonds is 8. The molecular weight excluding hydrogens is 615 g/mol. The number of methoxy groups -OCH3 is 2. The first-order chi connectivity index (χ1) is 20.4. The molecule has 0 aliphatic carbocycles. The third kappa shape index (κ3) is 7.89. The number of benzene rings is 1. The van der Waals surface area contributed by atoms with E-state index in [0.717, 1.165) is 0 Å². The Morgan fingerprint density at radius 3 is 2.30 bits per heavy atom. The number of ether oxygens (including phenoxy) is 3. The van der Waals surface area contributed by atoms with Crippen molar-refractivity contribution in [2.75, 3.05) is 33.9 Å². The van der Waals surface area contributed by atoms with Crippen LogP contribution in [0.1, 0.15) is 39.2 Å². The molecule has 0 spiro atoms. The largest absolute Gasteiger partial charge is 0.481 e. The van der Waals surface area contributed by atoms with Crippen LogP contribution in [-0.4, -0.2) is 77.3 Å². The highest BCUT2D eigenvalue weighted by Crippen LogP contribution is 2.40. The molecule has 9 nitrogen and oxygen atoms in total. The summed E-state index contributed by atoms with van der Waals surface area (Å²) in [5.41, 5.74) is 2.61. The molecule has 2 aromatic heterocycles. The van der Waals surface area contributed by atoms with Crippen LogP contribution in [0.4, 0.5) is 4.79 Å². The Balaban J connectivity index is 1.63. The molecule has 3 aromatic rings. The zero-order valence-corrected chi connectivity index (χ0v) is 27.1. The molecule has 0 unspecified atom stereocenters. The molecule has 1 aliphatic heterocycles. The van der Waals surface area contributed by atoms with Crippen LogP contribution in [0.5, 0.6) is 5.88 Å². The molecule has 2 amide bonds. The molecule has 1 aromatic carbocycles. The molecule has 1 aliphatic rings. The van der Waals surface area contributed by atoms with E-state index < -0.39 is 11.7 Å². The Kier molecular flexibility index (Phi) is 10.8. The molecule has 0 bridgehead atoms. The molecule has 4 rings (SSSR count). The summed E-state index contributed by atoms with van der Waals surface area (Å²) in [6.07, 6.45) is 2.34. The fourth-order valence-electron chi connectivity index (χ4n) is 4.97. The van der Waals surface area contributed by atoms with Crippen LogP contribution in [0.3, 0.4) is 0 Å². The first-order valence-electron chi connectivity index (χ1n) is 13.8. The molecule has 1 saturated heterocycles. The first kappa shape index (κ1) is 32.8. The van der Waals surface area contributed by atoms with Gasteiger partial charge in [0.2, 0.25) is 11.8 Å². The van der Waals surface area contributed by atoms with E-state index in [1.54, 1.807) is 22.1 Å². The van der Waals surface area contributed by atoms with Crippen molar-refractivity contribution in [3.63, 3.8) is 0 Å². The Morgan fingerprint density at radius 2 is 1.65 bits per heavy atom. The summed E-state index contributed by atoms with van der Waals surface area (Å²) in [5, 5.41) is 0.936. The van der Waals surface area contributed by atoms with Gasteiger partial charge in [-0.25, -0.2) is 14.8 Å². The maximum absolute atomic E-state index is 13.4. The number of aromatic nitrogens is 2. The van der Waals surface area contributed by atoms with Crippen molar-refractivity contribution in [1.29, 1.82) is 0 Å². The minimum atomic E-state index is -0.680. The number of hydrogen-bond acceptors (Lipinski definition) is 7. The van der Waals surface area contributed by atoms with Crippen molar-refractivity contribution in [2.24, 2.45) is 0 Å². The quantitative estimate of drug-likeness (QED) is 0.239. The number of piperidine rings is 1. The summed E-state index contributed by atoms with van der Waals surface area (Å²) >= 11 is 19.4. The van der Waals surface area contributed by atoms with E-state index in [1.165, 1.54) is 14.2 Å². The molecule has 0 saturated carbocycles. The highest BCUT2D eigenvalue weighted by Gasteiger charge is 2.33. The topological polar surface area (TPSA) is 94.1 Å². The first-order valence-corrected chi connectivity index (χ1v) is 15.0. The molecular formula is C31H35Cl3N4O5. The lowest BCUT2D eigenvalue weighted by molar-refractivity contribution is -0.136. The average molecular weight is 650 g/mol. The van der Waals surface area contributed by atoms with Crippen molar-refractivity contribution in [2.45, 2.75) is 51.8 Å². The monoisotopic (exact) mass is 648 g/mol. The minimum absolute atomic E-state index is 0.0337. The summed E-state index contributed by atoms with van der Waals surface area (Å²) < 4.78 is 16.5. The summed E-state index contributed by atoms with van der Waals surface area (Å²) in [6.45, 7) is 6.77. The van der Waals surface area contributed by atoms with Crippen LogP contribution in [0, 0.1) is 0 Å². The number of likely N-dealkylation sites (tertiary alicyclic amines) is 1. The molecule has 3 heterocycles. The van der Waals surface area contributed by atoms with Gasteiger partial charge in [-0.15, -0.1) is 0 Å². The summed E-state index contributed by atoms with van der Waals surface area (Å²) in [4.78, 5) is 38.0. The Morgan fingerprint density at radius 1 is 0.977 bits per heavy atom. The van der Waals surface area contributed by atoms with E-state index >= 15 is 0 Å². The van der Waals surface area contributed by atoms with E-state index in [1.807, 2.05) is 51.1 Å². The van der Waals surface area contributed by atoms with Crippen LogP contribution >= 0.6 is 34.8 Å². The molecule has 1 fully saturated rings. The molecule has 43 heavy (non-hydrogen) atoms. The van der Waals surface area contributed by atoms with Gasteiger partial charge in [0.05, 0.1) is 29.4 Å². The second-order valence-electron chi connectivity index (χ2n) is 11.1. The van der Waals surface area contributed by atoms with Gasteiger partial charge in [-0.1, -0.05) is 53.0 Å². The number of hydrogen-bond donors (Lipinski definition) is 0. The van der Waals surface area contributed by atoms with Crippen LogP contribution < -0.4 is 4.74 Å². The van der Waals surface area contributed by atoms with Gasteiger partial charge in [0.1, 0.15) is 17.4 Å². The van der Waals surface area contributed by atoms with E-state index in [-0.39, 0.29) is 30.3 Å². The number of pyridine rings is 2. The number of nitrogens with zero attached hydrogens (tertiary/aromatic N) is 4. The van der Waals surface area contributed by atoms with Gasteiger partial charge in [0.15, 0.2) is 0 Å². The number of carbonyl (C=O) groups is 2. The molecule has 0 radical (unpaired) electrons. The summed E-state index contributed by atoms with van der Waals surface area (Å²) in [5.74, 6) is 0.286. The predicted octanol–water partition coefficient (Wildman–Crippen LogP) is 7.15.